The second-order valence-corrected chi connectivity index (χ2v) is 4.18. The van der Waals surface area contributed by atoms with Gasteiger partial charge < -0.3 is 9.26 Å². The van der Waals surface area contributed by atoms with Crippen LogP contribution in [0.4, 0.5) is 0 Å². The summed E-state index contributed by atoms with van der Waals surface area (Å²) in [5.41, 5.74) is 0. The third-order valence-electron chi connectivity index (χ3n) is 3.14. The molecule has 0 aromatic rings. The third-order valence-corrected chi connectivity index (χ3v) is 3.49. The predicted molar refractivity (Wildman–Crippen MR) is 55.9 cm³/mol. The van der Waals surface area contributed by atoms with Crippen molar-refractivity contribution >= 4 is 21.7 Å². The number of ether oxygens (including phenoxy) is 1. The molecule has 2 aliphatic rings. The van der Waals surface area contributed by atoms with Crippen LogP contribution in [0.5, 0.6) is 0 Å². The number of hydrogen-bond acceptors (Lipinski definition) is 4. The van der Waals surface area contributed by atoms with Crippen LogP contribution in [0.2, 0.25) is 0 Å². The zero-order valence-electron chi connectivity index (χ0n) is 8.17. The lowest BCUT2D eigenvalue weighted by Crippen LogP contribution is -2.18. The van der Waals surface area contributed by atoms with E-state index in [2.05, 4.69) is 9.47 Å². The smallest absolute Gasteiger partial charge is 0.306 e. The van der Waals surface area contributed by atoms with Crippen molar-refractivity contribution in [3.63, 3.8) is 0 Å². The van der Waals surface area contributed by atoms with Gasteiger partial charge in [-0.15, -0.1) is 0 Å². The lowest BCUT2D eigenvalue weighted by Gasteiger charge is -2.16. The van der Waals surface area contributed by atoms with E-state index < -0.39 is 0 Å². The molecule has 2 rings (SSSR count). The Morgan fingerprint density at radius 3 is 3.00 bits per heavy atom. The molecule has 0 amide bonds. The zero-order valence-corrected chi connectivity index (χ0v) is 9.32. The predicted octanol–water partition coefficient (Wildman–Crippen LogP) is 0.868. The molecule has 2 unspecified atom stereocenters. The Morgan fingerprint density at radius 1 is 1.53 bits per heavy atom. The van der Waals surface area contributed by atoms with E-state index in [4.69, 9.17) is 9.26 Å². The topological polar surface area (TPSA) is 52.6 Å². The first-order chi connectivity index (χ1) is 7.26. The number of rotatable bonds is 3. The molecule has 1 heterocycles. The van der Waals surface area contributed by atoms with Gasteiger partial charge >= 0.3 is 5.97 Å². The Balaban J connectivity index is 2.13. The van der Waals surface area contributed by atoms with E-state index in [9.17, 15) is 9.59 Å². The van der Waals surface area contributed by atoms with Crippen LogP contribution >= 0.6 is 9.47 Å². The van der Waals surface area contributed by atoms with Gasteiger partial charge in [-0.3, -0.25) is 9.59 Å². The van der Waals surface area contributed by atoms with Gasteiger partial charge in [0.2, 0.25) is 0 Å². The van der Waals surface area contributed by atoms with E-state index in [1.165, 1.54) is 6.08 Å². The lowest BCUT2D eigenvalue weighted by atomic mass is 9.92. The van der Waals surface area contributed by atoms with Crippen molar-refractivity contribution in [2.24, 2.45) is 11.8 Å². The number of aldehydes is 1. The number of carbonyl (C=O) groups is 2. The van der Waals surface area contributed by atoms with Crippen molar-refractivity contribution in [3.05, 3.63) is 12.2 Å². The number of carbonyl (C=O) groups excluding carboxylic acids is 2. The van der Waals surface area contributed by atoms with Crippen molar-refractivity contribution in [2.45, 2.75) is 25.0 Å². The van der Waals surface area contributed by atoms with Crippen LogP contribution in [0.15, 0.2) is 12.2 Å². The summed E-state index contributed by atoms with van der Waals surface area (Å²) in [6.07, 6.45) is 5.15. The molecule has 1 saturated carbocycles. The van der Waals surface area contributed by atoms with E-state index in [1.54, 1.807) is 0 Å². The summed E-state index contributed by atoms with van der Waals surface area (Å²) >= 11 is 0. The average molecular weight is 228 g/mol. The van der Waals surface area contributed by atoms with Gasteiger partial charge in [-0.25, -0.2) is 0 Å². The van der Waals surface area contributed by atoms with Crippen molar-refractivity contribution < 1.29 is 18.8 Å². The summed E-state index contributed by atoms with van der Waals surface area (Å²) in [5.74, 6) is 0.125. The van der Waals surface area contributed by atoms with Gasteiger partial charge in [-0.2, -0.15) is 0 Å². The standard InChI is InChI=1S/C10H13O4P/c11-3-1-2-6-7-4-10(12)13-8(7)5-9(6)14-15/h1-3,6-9H,4-5,15H2/b2-1+/t6?,7-,8+,9-/m1/s1. The fourth-order valence-electron chi connectivity index (χ4n) is 2.48. The van der Waals surface area contributed by atoms with Gasteiger partial charge in [0.15, 0.2) is 0 Å². The van der Waals surface area contributed by atoms with Gasteiger partial charge in [0.05, 0.1) is 12.5 Å². The number of esters is 1. The molecule has 5 heteroatoms. The minimum atomic E-state index is -0.142. The molecule has 1 aliphatic heterocycles. The molecule has 0 aromatic heterocycles. The number of hydrogen-bond donors (Lipinski definition) is 0. The van der Waals surface area contributed by atoms with Crippen LogP contribution in [0.1, 0.15) is 12.8 Å². The quantitative estimate of drug-likeness (QED) is 0.311. The number of fused-ring (bicyclic) bond motifs is 1. The summed E-state index contributed by atoms with van der Waals surface area (Å²) < 4.78 is 10.4. The van der Waals surface area contributed by atoms with Crippen LogP contribution in [-0.2, 0) is 18.8 Å². The summed E-state index contributed by atoms with van der Waals surface area (Å²) in [4.78, 5) is 21.4. The molecule has 0 bridgehead atoms. The van der Waals surface area contributed by atoms with E-state index in [-0.39, 0.29) is 30.0 Å². The van der Waals surface area contributed by atoms with Crippen molar-refractivity contribution in [1.82, 2.24) is 0 Å². The van der Waals surface area contributed by atoms with Gasteiger partial charge in [-0.05, 0) is 6.08 Å². The van der Waals surface area contributed by atoms with Gasteiger partial charge in [0.25, 0.3) is 0 Å². The monoisotopic (exact) mass is 228 g/mol. The van der Waals surface area contributed by atoms with Crippen LogP contribution in [0, 0.1) is 11.8 Å². The SMILES string of the molecule is O=C/C=C/C1[C@H]2CC(=O)O[C@H]2C[C@H]1OP. The zero-order chi connectivity index (χ0) is 10.8. The maximum atomic E-state index is 11.1. The van der Waals surface area contributed by atoms with Gasteiger partial charge in [0.1, 0.15) is 12.4 Å². The molecular formula is C10H13O4P. The highest BCUT2D eigenvalue weighted by Crippen LogP contribution is 2.43. The molecule has 15 heavy (non-hydrogen) atoms. The highest BCUT2D eigenvalue weighted by molar-refractivity contribution is 7.09. The second kappa shape index (κ2) is 4.42. The molecule has 0 radical (unpaired) electrons. The molecule has 0 aromatic carbocycles. The van der Waals surface area contributed by atoms with Crippen molar-refractivity contribution in [3.8, 4) is 0 Å². The third kappa shape index (κ3) is 1.97. The largest absolute Gasteiger partial charge is 0.462 e. The average Bonchev–Trinajstić information content (AvgIpc) is 2.71. The first-order valence-electron chi connectivity index (χ1n) is 4.93. The van der Waals surface area contributed by atoms with E-state index in [0.29, 0.717) is 12.8 Å². The second-order valence-electron chi connectivity index (χ2n) is 3.90. The first kappa shape index (κ1) is 10.8. The Morgan fingerprint density at radius 2 is 2.33 bits per heavy atom. The molecule has 0 N–H and O–H groups in total. The summed E-state index contributed by atoms with van der Waals surface area (Å²) in [6, 6.07) is 0. The minimum absolute atomic E-state index is 0.0225. The molecule has 82 valence electrons. The van der Waals surface area contributed by atoms with E-state index in [0.717, 1.165) is 6.29 Å². The molecule has 2 fully saturated rings. The summed E-state index contributed by atoms with van der Waals surface area (Å²) in [6.45, 7) is 0. The van der Waals surface area contributed by atoms with E-state index >= 15 is 0 Å². The highest BCUT2D eigenvalue weighted by atomic mass is 31.0. The maximum Gasteiger partial charge on any atom is 0.306 e. The summed E-state index contributed by atoms with van der Waals surface area (Å²) in [5, 5.41) is 0. The molecule has 0 spiro atoms. The summed E-state index contributed by atoms with van der Waals surface area (Å²) in [7, 11) is 2.24. The molecule has 1 aliphatic carbocycles. The Hall–Kier alpha value is -0.730. The van der Waals surface area contributed by atoms with Crippen LogP contribution in [0.3, 0.4) is 0 Å². The van der Waals surface area contributed by atoms with Crippen molar-refractivity contribution in [1.29, 1.82) is 0 Å². The fraction of sp³-hybridized carbons (Fsp3) is 0.600. The van der Waals surface area contributed by atoms with Crippen LogP contribution in [-0.4, -0.2) is 24.5 Å². The molecule has 5 atom stereocenters. The Labute approximate surface area is 90.3 Å². The first-order valence-corrected chi connectivity index (χ1v) is 5.40. The Kier molecular flexibility index (Phi) is 3.17. The van der Waals surface area contributed by atoms with Gasteiger partial charge in [-0.1, -0.05) is 6.08 Å². The van der Waals surface area contributed by atoms with Crippen LogP contribution < -0.4 is 0 Å². The Bertz CT molecular complexity index is 302. The fourth-order valence-corrected chi connectivity index (χ4v) is 2.78. The lowest BCUT2D eigenvalue weighted by molar-refractivity contribution is -0.141. The van der Waals surface area contributed by atoms with Crippen LogP contribution in [0.25, 0.3) is 0 Å². The molecule has 4 nitrogen and oxygen atoms in total. The maximum absolute atomic E-state index is 11.1. The van der Waals surface area contributed by atoms with E-state index in [1.807, 2.05) is 6.08 Å². The molecular weight excluding hydrogens is 215 g/mol. The van der Waals surface area contributed by atoms with Crippen molar-refractivity contribution in [2.75, 3.05) is 0 Å². The highest BCUT2D eigenvalue weighted by Gasteiger charge is 2.49. The number of allylic oxidation sites excluding steroid dienone is 1. The molecule has 1 saturated heterocycles. The normalized spacial score (nSPS) is 39.4. The minimum Gasteiger partial charge on any atom is -0.462 e. The van der Waals surface area contributed by atoms with Gasteiger partial charge in [0, 0.05) is 27.7 Å².